The predicted octanol–water partition coefficient (Wildman–Crippen LogP) is 1.50. The molecule has 0 amide bonds. The quantitative estimate of drug-likeness (QED) is 0.392. The zero-order valence-corrected chi connectivity index (χ0v) is 7.62. The third kappa shape index (κ3) is 1.31. The van der Waals surface area contributed by atoms with Crippen molar-refractivity contribution in [1.82, 2.24) is 5.32 Å². The fraction of sp³-hybridized carbons (Fsp3) is 0.800. The Bertz CT molecular complexity index is 115. The largest absolute Gasteiger partial charge is 0.376 e. The first-order chi connectivity index (χ1) is 3.70. The zero-order valence-electron chi connectivity index (χ0n) is 4.65. The van der Waals surface area contributed by atoms with Gasteiger partial charge in [-0.25, -0.2) is 0 Å². The van der Waals surface area contributed by atoms with Crippen molar-refractivity contribution in [3.63, 3.8) is 0 Å². The Morgan fingerprint density at radius 3 is 2.62 bits per heavy atom. The van der Waals surface area contributed by atoms with E-state index in [2.05, 4.69) is 34.8 Å². The molecule has 0 saturated carbocycles. The fourth-order valence-electron chi connectivity index (χ4n) is 0.810. The minimum absolute atomic E-state index is 0.581. The molecule has 1 rings (SSSR count). The van der Waals surface area contributed by atoms with Gasteiger partial charge in [-0.2, -0.15) is 0 Å². The lowest BCUT2D eigenvalue weighted by Gasteiger charge is -1.97. The summed E-state index contributed by atoms with van der Waals surface area (Å²) < 4.78 is 0.581. The molecular formula is C5H8INS. The molecule has 1 heterocycles. The summed E-state index contributed by atoms with van der Waals surface area (Å²) in [4.78, 5) is 1.03. The molecule has 1 saturated heterocycles. The molecule has 0 bridgehead atoms. The molecule has 0 aliphatic carbocycles. The van der Waals surface area contributed by atoms with Gasteiger partial charge in [-0.1, -0.05) is 34.8 Å². The molecule has 1 aliphatic heterocycles. The summed E-state index contributed by atoms with van der Waals surface area (Å²) in [7, 11) is 0. The number of rotatable bonds is 0. The molecule has 1 fully saturated rings. The lowest BCUT2D eigenvalue weighted by atomic mass is 10.3. The third-order valence-corrected chi connectivity index (χ3v) is 3.19. The Balaban J connectivity index is 2.51. The molecular weight excluding hydrogens is 233 g/mol. The van der Waals surface area contributed by atoms with E-state index in [4.69, 9.17) is 12.2 Å². The lowest BCUT2D eigenvalue weighted by Crippen LogP contribution is -2.21. The zero-order chi connectivity index (χ0) is 6.15. The topological polar surface area (TPSA) is 12.0 Å². The van der Waals surface area contributed by atoms with Gasteiger partial charge in [0.25, 0.3) is 0 Å². The molecule has 0 radical (unpaired) electrons. The molecule has 1 nitrogen and oxygen atoms in total. The van der Waals surface area contributed by atoms with Gasteiger partial charge in [0, 0.05) is 6.04 Å². The Morgan fingerprint density at radius 2 is 2.50 bits per heavy atom. The van der Waals surface area contributed by atoms with Gasteiger partial charge >= 0.3 is 0 Å². The van der Waals surface area contributed by atoms with E-state index in [-0.39, 0.29) is 0 Å². The van der Waals surface area contributed by atoms with Crippen LogP contribution in [0, 0.1) is 0 Å². The van der Waals surface area contributed by atoms with Crippen molar-refractivity contribution < 1.29 is 0 Å². The van der Waals surface area contributed by atoms with Crippen molar-refractivity contribution in [2.75, 3.05) is 0 Å². The van der Waals surface area contributed by atoms with Gasteiger partial charge in [0.15, 0.2) is 0 Å². The molecule has 1 aliphatic rings. The summed E-state index contributed by atoms with van der Waals surface area (Å²) in [5, 5.41) is 3.19. The normalized spacial score (nSPS) is 37.5. The van der Waals surface area contributed by atoms with Gasteiger partial charge in [0.05, 0.1) is 8.91 Å². The van der Waals surface area contributed by atoms with E-state index >= 15 is 0 Å². The van der Waals surface area contributed by atoms with Crippen molar-refractivity contribution in [2.45, 2.75) is 23.3 Å². The van der Waals surface area contributed by atoms with Crippen LogP contribution in [0.15, 0.2) is 0 Å². The molecule has 0 aromatic heterocycles. The number of nitrogens with one attached hydrogen (secondary N) is 1. The molecule has 0 aromatic rings. The smallest absolute Gasteiger partial charge is 0.0886 e. The number of hydrogen-bond donors (Lipinski definition) is 1. The minimum atomic E-state index is 0.581. The van der Waals surface area contributed by atoms with Crippen LogP contribution in [0.1, 0.15) is 13.3 Å². The van der Waals surface area contributed by atoms with Gasteiger partial charge in [-0.05, 0) is 13.3 Å². The van der Waals surface area contributed by atoms with Crippen LogP contribution < -0.4 is 5.32 Å². The summed E-state index contributed by atoms with van der Waals surface area (Å²) in [5.41, 5.74) is 0. The van der Waals surface area contributed by atoms with Gasteiger partial charge in [-0.15, -0.1) is 0 Å². The van der Waals surface area contributed by atoms with Crippen molar-refractivity contribution in [2.24, 2.45) is 0 Å². The predicted molar refractivity (Wildman–Crippen MR) is 47.6 cm³/mol. The maximum Gasteiger partial charge on any atom is 0.0886 e. The van der Waals surface area contributed by atoms with Crippen molar-refractivity contribution >= 4 is 39.8 Å². The van der Waals surface area contributed by atoms with E-state index in [1.165, 1.54) is 6.42 Å². The molecule has 2 atom stereocenters. The van der Waals surface area contributed by atoms with Crippen LogP contribution >= 0.6 is 34.8 Å². The minimum Gasteiger partial charge on any atom is -0.376 e. The number of thiocarbonyl (C=S) groups is 1. The maximum absolute atomic E-state index is 5.00. The van der Waals surface area contributed by atoms with Crippen LogP contribution in [-0.2, 0) is 0 Å². The summed E-state index contributed by atoms with van der Waals surface area (Å²) >= 11 is 7.37. The summed E-state index contributed by atoms with van der Waals surface area (Å²) in [5.74, 6) is 0. The van der Waals surface area contributed by atoms with E-state index < -0.39 is 0 Å². The monoisotopic (exact) mass is 241 g/mol. The molecule has 1 N–H and O–H groups in total. The van der Waals surface area contributed by atoms with Crippen molar-refractivity contribution in [3.8, 4) is 0 Å². The van der Waals surface area contributed by atoms with E-state index in [0.717, 1.165) is 4.99 Å². The Kier molecular flexibility index (Phi) is 2.08. The fourth-order valence-corrected chi connectivity index (χ4v) is 2.05. The van der Waals surface area contributed by atoms with Crippen LogP contribution in [0.25, 0.3) is 0 Å². The average Bonchev–Trinajstić information content (AvgIpc) is 1.85. The highest BCUT2D eigenvalue weighted by molar-refractivity contribution is 14.1. The second-order valence-electron chi connectivity index (χ2n) is 2.11. The summed E-state index contributed by atoms with van der Waals surface area (Å²) in [6, 6.07) is 0.601. The number of hydrogen-bond acceptors (Lipinski definition) is 1. The highest BCUT2D eigenvalue weighted by Crippen LogP contribution is 2.16. The van der Waals surface area contributed by atoms with Crippen LogP contribution in [0.2, 0.25) is 0 Å². The second-order valence-corrected chi connectivity index (χ2v) is 4.06. The molecule has 8 heavy (non-hydrogen) atoms. The highest BCUT2D eigenvalue weighted by atomic mass is 127. The molecule has 46 valence electrons. The molecule has 2 unspecified atom stereocenters. The highest BCUT2D eigenvalue weighted by Gasteiger charge is 2.22. The van der Waals surface area contributed by atoms with E-state index in [1.807, 2.05) is 0 Å². The number of halogens is 1. The molecule has 0 spiro atoms. The first-order valence-corrected chi connectivity index (χ1v) is 4.30. The van der Waals surface area contributed by atoms with Gasteiger partial charge in [-0.3, -0.25) is 0 Å². The Labute approximate surface area is 68.4 Å². The van der Waals surface area contributed by atoms with E-state index in [0.29, 0.717) is 9.97 Å². The SMILES string of the molecule is CC1CC(I)C(=S)N1. The van der Waals surface area contributed by atoms with Gasteiger partial charge < -0.3 is 5.32 Å². The van der Waals surface area contributed by atoms with Crippen LogP contribution in [0.4, 0.5) is 0 Å². The van der Waals surface area contributed by atoms with Crippen molar-refractivity contribution in [1.29, 1.82) is 0 Å². The van der Waals surface area contributed by atoms with E-state index in [1.54, 1.807) is 0 Å². The Hall–Kier alpha value is 0.620. The number of alkyl halides is 1. The van der Waals surface area contributed by atoms with Crippen LogP contribution in [0.5, 0.6) is 0 Å². The maximum atomic E-state index is 5.00. The standard InChI is InChI=1S/C5H8INS/c1-3-2-4(6)5(8)7-3/h3-4H,2H2,1H3,(H,7,8). The van der Waals surface area contributed by atoms with Gasteiger partial charge in [0.2, 0.25) is 0 Å². The van der Waals surface area contributed by atoms with Crippen molar-refractivity contribution in [3.05, 3.63) is 0 Å². The third-order valence-electron chi connectivity index (χ3n) is 1.23. The van der Waals surface area contributed by atoms with Crippen LogP contribution in [-0.4, -0.2) is 15.0 Å². The first kappa shape index (κ1) is 6.74. The Morgan fingerprint density at radius 1 is 1.88 bits per heavy atom. The second kappa shape index (κ2) is 2.47. The summed E-state index contributed by atoms with van der Waals surface area (Å²) in [6.07, 6.45) is 1.19. The van der Waals surface area contributed by atoms with Crippen LogP contribution in [0.3, 0.4) is 0 Å². The molecule has 3 heteroatoms. The van der Waals surface area contributed by atoms with Gasteiger partial charge in [0.1, 0.15) is 0 Å². The lowest BCUT2D eigenvalue weighted by molar-refractivity contribution is 0.699. The average molecular weight is 241 g/mol. The van der Waals surface area contributed by atoms with E-state index in [9.17, 15) is 0 Å². The summed E-state index contributed by atoms with van der Waals surface area (Å²) in [6.45, 7) is 2.16. The first-order valence-electron chi connectivity index (χ1n) is 2.64. The molecule has 0 aromatic carbocycles.